The first-order valence-corrected chi connectivity index (χ1v) is 12.2. The minimum atomic E-state index is -3.75. The van der Waals surface area contributed by atoms with Crippen LogP contribution in [-0.4, -0.2) is 24.5 Å². The summed E-state index contributed by atoms with van der Waals surface area (Å²) in [4.78, 5) is 16.7. The second-order valence-corrected chi connectivity index (χ2v) is 9.56. The second kappa shape index (κ2) is 9.88. The van der Waals surface area contributed by atoms with Crippen LogP contribution in [0.5, 0.6) is 0 Å². The van der Waals surface area contributed by atoms with Gasteiger partial charge in [0.25, 0.3) is 10.0 Å². The lowest BCUT2D eigenvalue weighted by Crippen LogP contribution is -2.15. The Bertz CT molecular complexity index is 1400. The van der Waals surface area contributed by atoms with E-state index in [1.54, 1.807) is 18.2 Å². The number of carbonyl (C=O) groups excluding carboxylic acids is 1. The molecule has 0 atom stereocenters. The Morgan fingerprint density at radius 1 is 0.971 bits per heavy atom. The molecule has 34 heavy (non-hydrogen) atoms. The van der Waals surface area contributed by atoms with E-state index in [4.69, 9.17) is 4.52 Å². The first kappa shape index (κ1) is 23.2. The molecule has 0 fully saturated rings. The van der Waals surface area contributed by atoms with Gasteiger partial charge < -0.3 is 9.84 Å². The van der Waals surface area contributed by atoms with Crippen LogP contribution in [0.3, 0.4) is 0 Å². The van der Waals surface area contributed by atoms with E-state index < -0.39 is 10.0 Å². The SMILES string of the molecule is Cc1ccc(NS(=O)(=O)c2ccc(NC(=O)CCc3nc(-c4ccccc4)no3)cc2)c(C)c1. The van der Waals surface area contributed by atoms with Crippen molar-refractivity contribution in [2.75, 3.05) is 10.0 Å². The molecule has 0 saturated heterocycles. The number of sulfonamides is 1. The van der Waals surface area contributed by atoms with Gasteiger partial charge in [0.2, 0.25) is 17.6 Å². The summed E-state index contributed by atoms with van der Waals surface area (Å²) in [6, 6.07) is 20.9. The third-order valence-electron chi connectivity index (χ3n) is 5.14. The fourth-order valence-electron chi connectivity index (χ4n) is 3.35. The van der Waals surface area contributed by atoms with Gasteiger partial charge >= 0.3 is 0 Å². The number of hydrogen-bond donors (Lipinski definition) is 2. The number of aryl methyl sites for hydroxylation is 3. The summed E-state index contributed by atoms with van der Waals surface area (Å²) in [7, 11) is -3.75. The van der Waals surface area contributed by atoms with Gasteiger partial charge in [0.15, 0.2) is 0 Å². The fourth-order valence-corrected chi connectivity index (χ4v) is 4.48. The summed E-state index contributed by atoms with van der Waals surface area (Å²) in [5, 5.41) is 6.69. The molecule has 0 unspecified atom stereocenters. The first-order chi connectivity index (χ1) is 16.3. The van der Waals surface area contributed by atoms with Crippen molar-refractivity contribution in [2.24, 2.45) is 0 Å². The van der Waals surface area contributed by atoms with Crippen molar-refractivity contribution < 1.29 is 17.7 Å². The van der Waals surface area contributed by atoms with Crippen LogP contribution in [0.1, 0.15) is 23.4 Å². The number of amides is 1. The average molecular weight is 477 g/mol. The van der Waals surface area contributed by atoms with E-state index in [1.807, 2.05) is 56.3 Å². The Balaban J connectivity index is 1.33. The number of carbonyl (C=O) groups is 1. The molecule has 1 aromatic heterocycles. The predicted molar refractivity (Wildman–Crippen MR) is 130 cm³/mol. The van der Waals surface area contributed by atoms with E-state index in [9.17, 15) is 13.2 Å². The Kier molecular flexibility index (Phi) is 6.74. The minimum Gasteiger partial charge on any atom is -0.339 e. The van der Waals surface area contributed by atoms with Crippen molar-refractivity contribution in [1.29, 1.82) is 0 Å². The van der Waals surface area contributed by atoms with E-state index in [0.717, 1.165) is 16.7 Å². The molecule has 4 aromatic rings. The summed E-state index contributed by atoms with van der Waals surface area (Å²) in [6.07, 6.45) is 0.433. The molecule has 0 radical (unpaired) electrons. The van der Waals surface area contributed by atoms with Gasteiger partial charge in [-0.3, -0.25) is 9.52 Å². The summed E-state index contributed by atoms with van der Waals surface area (Å²) >= 11 is 0. The second-order valence-electron chi connectivity index (χ2n) is 7.87. The van der Waals surface area contributed by atoms with E-state index in [2.05, 4.69) is 20.2 Å². The molecule has 9 heteroatoms. The molecule has 174 valence electrons. The molecule has 0 spiro atoms. The van der Waals surface area contributed by atoms with Gasteiger partial charge in [0.1, 0.15) is 0 Å². The highest BCUT2D eigenvalue weighted by atomic mass is 32.2. The highest BCUT2D eigenvalue weighted by Gasteiger charge is 2.16. The maximum absolute atomic E-state index is 12.7. The molecule has 3 aromatic carbocycles. The Hall–Kier alpha value is -3.98. The quantitative estimate of drug-likeness (QED) is 0.380. The molecule has 1 amide bonds. The van der Waals surface area contributed by atoms with Crippen LogP contribution >= 0.6 is 0 Å². The van der Waals surface area contributed by atoms with Crippen LogP contribution < -0.4 is 10.0 Å². The van der Waals surface area contributed by atoms with Gasteiger partial charge in [-0.1, -0.05) is 53.2 Å². The van der Waals surface area contributed by atoms with Crippen molar-refractivity contribution in [1.82, 2.24) is 10.1 Å². The smallest absolute Gasteiger partial charge is 0.261 e. The number of nitrogens with zero attached hydrogens (tertiary/aromatic N) is 2. The molecule has 4 rings (SSSR count). The highest BCUT2D eigenvalue weighted by Crippen LogP contribution is 2.22. The predicted octanol–water partition coefficient (Wildman–Crippen LogP) is 4.73. The van der Waals surface area contributed by atoms with Crippen molar-refractivity contribution in [3.63, 3.8) is 0 Å². The van der Waals surface area contributed by atoms with Crippen LogP contribution in [0.15, 0.2) is 82.2 Å². The van der Waals surface area contributed by atoms with Crippen LogP contribution in [0.4, 0.5) is 11.4 Å². The standard InChI is InChI=1S/C25H24N4O4S/c1-17-8-13-22(18(2)16-17)29-34(31,32)21-11-9-20(10-12-21)26-23(30)14-15-24-27-25(28-33-24)19-6-4-3-5-7-19/h3-13,16,29H,14-15H2,1-2H3,(H,26,30). The summed E-state index contributed by atoms with van der Waals surface area (Å²) in [5.41, 5.74) is 3.75. The van der Waals surface area contributed by atoms with Gasteiger partial charge in [-0.05, 0) is 49.7 Å². The normalized spacial score (nSPS) is 11.2. The van der Waals surface area contributed by atoms with Gasteiger partial charge in [-0.25, -0.2) is 8.42 Å². The lowest BCUT2D eigenvalue weighted by molar-refractivity contribution is -0.116. The molecule has 0 saturated carbocycles. The van der Waals surface area contributed by atoms with E-state index in [1.165, 1.54) is 12.1 Å². The number of benzene rings is 3. The van der Waals surface area contributed by atoms with Crippen LogP contribution in [-0.2, 0) is 21.2 Å². The topological polar surface area (TPSA) is 114 Å². The third-order valence-corrected chi connectivity index (χ3v) is 6.52. The third kappa shape index (κ3) is 5.68. The number of aromatic nitrogens is 2. The first-order valence-electron chi connectivity index (χ1n) is 10.7. The maximum atomic E-state index is 12.7. The van der Waals surface area contributed by atoms with Crippen molar-refractivity contribution in [2.45, 2.75) is 31.6 Å². The molecular weight excluding hydrogens is 452 g/mol. The van der Waals surface area contributed by atoms with E-state index in [0.29, 0.717) is 23.1 Å². The minimum absolute atomic E-state index is 0.102. The Morgan fingerprint density at radius 2 is 1.71 bits per heavy atom. The number of hydrogen-bond acceptors (Lipinski definition) is 6. The molecule has 2 N–H and O–H groups in total. The zero-order valence-corrected chi connectivity index (χ0v) is 19.6. The molecule has 0 aliphatic carbocycles. The van der Waals surface area contributed by atoms with Crippen molar-refractivity contribution in [3.8, 4) is 11.4 Å². The zero-order valence-electron chi connectivity index (χ0n) is 18.8. The van der Waals surface area contributed by atoms with Crippen LogP contribution in [0, 0.1) is 13.8 Å². The average Bonchev–Trinajstić information content (AvgIpc) is 3.30. The van der Waals surface area contributed by atoms with Crippen molar-refractivity contribution >= 4 is 27.3 Å². The van der Waals surface area contributed by atoms with Gasteiger partial charge in [0.05, 0.1) is 10.6 Å². The largest absolute Gasteiger partial charge is 0.339 e. The lowest BCUT2D eigenvalue weighted by atomic mass is 10.1. The zero-order chi connectivity index (χ0) is 24.1. The Labute approximate surface area is 198 Å². The van der Waals surface area contributed by atoms with Crippen LogP contribution in [0.25, 0.3) is 11.4 Å². The monoisotopic (exact) mass is 476 g/mol. The molecule has 1 heterocycles. The molecule has 0 aliphatic heterocycles. The summed E-state index contributed by atoms with van der Waals surface area (Å²) in [5.74, 6) is 0.596. The van der Waals surface area contributed by atoms with Gasteiger partial charge in [-0.15, -0.1) is 0 Å². The van der Waals surface area contributed by atoms with Gasteiger partial charge in [0, 0.05) is 24.1 Å². The van der Waals surface area contributed by atoms with Crippen molar-refractivity contribution in [3.05, 3.63) is 89.8 Å². The molecule has 8 nitrogen and oxygen atoms in total. The number of nitrogens with one attached hydrogen (secondary N) is 2. The molecular formula is C25H24N4O4S. The summed E-state index contributed by atoms with van der Waals surface area (Å²) in [6.45, 7) is 3.79. The van der Waals surface area contributed by atoms with Gasteiger partial charge in [-0.2, -0.15) is 4.98 Å². The van der Waals surface area contributed by atoms with E-state index >= 15 is 0 Å². The van der Waals surface area contributed by atoms with E-state index in [-0.39, 0.29) is 23.6 Å². The molecule has 0 aliphatic rings. The number of anilines is 2. The fraction of sp³-hybridized carbons (Fsp3) is 0.160. The highest BCUT2D eigenvalue weighted by molar-refractivity contribution is 7.92. The van der Waals surface area contributed by atoms with Crippen LogP contribution in [0.2, 0.25) is 0 Å². The molecule has 0 bridgehead atoms. The number of rotatable bonds is 8. The maximum Gasteiger partial charge on any atom is 0.261 e. The summed E-state index contributed by atoms with van der Waals surface area (Å²) < 4.78 is 33.3. The Morgan fingerprint density at radius 3 is 2.41 bits per heavy atom. The lowest BCUT2D eigenvalue weighted by Gasteiger charge is -2.12.